The lowest BCUT2D eigenvalue weighted by molar-refractivity contribution is -0.119. The zero-order valence-corrected chi connectivity index (χ0v) is 10.6. The van der Waals surface area contributed by atoms with Crippen LogP contribution < -0.4 is 0 Å². The first kappa shape index (κ1) is 14.1. The molecule has 0 aliphatic rings. The van der Waals surface area contributed by atoms with Crippen LogP contribution in [0.2, 0.25) is 5.02 Å². The maximum atomic E-state index is 13.5. The molecule has 0 atom stereocenters. The van der Waals surface area contributed by atoms with Gasteiger partial charge in [0.15, 0.2) is 0 Å². The van der Waals surface area contributed by atoms with Gasteiger partial charge in [0.05, 0.1) is 11.6 Å². The third-order valence-electron chi connectivity index (χ3n) is 2.29. The van der Waals surface area contributed by atoms with Crippen LogP contribution >= 0.6 is 11.6 Å². The molecular weight excluding hydrogens is 243 g/mol. The first-order chi connectivity index (χ1) is 8.15. The highest BCUT2D eigenvalue weighted by Gasteiger charge is 2.10. The van der Waals surface area contributed by atoms with Gasteiger partial charge in [-0.3, -0.25) is 4.79 Å². The average Bonchev–Trinajstić information content (AvgIpc) is 2.31. The second-order valence-electron chi connectivity index (χ2n) is 3.79. The van der Waals surface area contributed by atoms with Gasteiger partial charge in [0.2, 0.25) is 0 Å². The molecule has 0 aromatic heterocycles. The van der Waals surface area contributed by atoms with Crippen molar-refractivity contribution in [3.05, 3.63) is 34.6 Å². The minimum absolute atomic E-state index is 0.0396. The fourth-order valence-corrected chi connectivity index (χ4v) is 1.61. The molecule has 0 spiro atoms. The highest BCUT2D eigenvalue weighted by atomic mass is 35.5. The van der Waals surface area contributed by atoms with E-state index in [1.807, 2.05) is 6.92 Å². The molecule has 0 amide bonds. The van der Waals surface area contributed by atoms with Crippen molar-refractivity contribution in [2.45, 2.75) is 26.2 Å². The molecule has 0 aliphatic carbocycles. The smallest absolute Gasteiger partial charge is 0.145 e. The Morgan fingerprint density at radius 1 is 1.41 bits per heavy atom. The molecule has 0 N–H and O–H groups in total. The van der Waals surface area contributed by atoms with Gasteiger partial charge in [0.1, 0.15) is 11.6 Å². The third-order valence-corrected chi connectivity index (χ3v) is 2.58. The number of rotatable bonds is 7. The Labute approximate surface area is 106 Å². The largest absolute Gasteiger partial charge is 0.381 e. The molecular formula is C13H16ClFO2. The van der Waals surface area contributed by atoms with E-state index in [-0.39, 0.29) is 17.2 Å². The van der Waals surface area contributed by atoms with Gasteiger partial charge >= 0.3 is 0 Å². The Morgan fingerprint density at radius 2 is 2.18 bits per heavy atom. The summed E-state index contributed by atoms with van der Waals surface area (Å²) in [6.07, 6.45) is 1.31. The van der Waals surface area contributed by atoms with Gasteiger partial charge < -0.3 is 4.74 Å². The van der Waals surface area contributed by atoms with Crippen molar-refractivity contribution in [1.29, 1.82) is 0 Å². The molecule has 1 aromatic rings. The predicted molar refractivity (Wildman–Crippen MR) is 65.8 cm³/mol. The molecule has 17 heavy (non-hydrogen) atoms. The summed E-state index contributed by atoms with van der Waals surface area (Å²) in [5.41, 5.74) is 0.345. The fourth-order valence-electron chi connectivity index (χ4n) is 1.42. The molecule has 4 heteroatoms. The van der Waals surface area contributed by atoms with E-state index < -0.39 is 5.82 Å². The Bertz CT molecular complexity index is 380. The normalized spacial score (nSPS) is 10.5. The summed E-state index contributed by atoms with van der Waals surface area (Å²) in [7, 11) is 0. The highest BCUT2D eigenvalue weighted by molar-refractivity contribution is 6.30. The minimum Gasteiger partial charge on any atom is -0.381 e. The first-order valence-electron chi connectivity index (χ1n) is 5.67. The summed E-state index contributed by atoms with van der Waals surface area (Å²) in [4.78, 5) is 11.5. The van der Waals surface area contributed by atoms with Gasteiger partial charge in [-0.1, -0.05) is 30.7 Å². The summed E-state index contributed by atoms with van der Waals surface area (Å²) in [6.45, 7) is 3.05. The highest BCUT2D eigenvalue weighted by Crippen LogP contribution is 2.18. The van der Waals surface area contributed by atoms with Gasteiger partial charge in [0.25, 0.3) is 0 Å². The Morgan fingerprint density at radius 3 is 2.88 bits per heavy atom. The fraction of sp³-hybridized carbons (Fsp3) is 0.462. The molecule has 1 rings (SSSR count). The number of benzene rings is 1. The Kier molecular flexibility index (Phi) is 6.16. The zero-order valence-electron chi connectivity index (χ0n) is 9.84. The molecule has 0 aliphatic heterocycles. The molecule has 1 aromatic carbocycles. The number of ether oxygens (including phenoxy) is 1. The summed E-state index contributed by atoms with van der Waals surface area (Å²) in [6, 6.07) is 4.68. The van der Waals surface area contributed by atoms with E-state index in [4.69, 9.17) is 16.3 Å². The second-order valence-corrected chi connectivity index (χ2v) is 4.20. The molecule has 0 unspecified atom stereocenters. The Hall–Kier alpha value is -0.930. The Balaban J connectivity index is 2.43. The monoisotopic (exact) mass is 258 g/mol. The maximum Gasteiger partial charge on any atom is 0.145 e. The van der Waals surface area contributed by atoms with Gasteiger partial charge in [-0.05, 0) is 18.1 Å². The number of carbonyl (C=O) groups is 1. The van der Waals surface area contributed by atoms with E-state index in [1.54, 1.807) is 12.1 Å². The summed E-state index contributed by atoms with van der Waals surface area (Å²) in [5, 5.41) is 0.0533. The van der Waals surface area contributed by atoms with E-state index in [1.165, 1.54) is 6.07 Å². The number of hydrogen-bond acceptors (Lipinski definition) is 2. The van der Waals surface area contributed by atoms with Crippen molar-refractivity contribution in [3.8, 4) is 0 Å². The molecule has 0 heterocycles. The van der Waals surface area contributed by atoms with Crippen LogP contribution in [-0.4, -0.2) is 19.0 Å². The van der Waals surface area contributed by atoms with Gasteiger partial charge in [-0.2, -0.15) is 0 Å². The van der Waals surface area contributed by atoms with E-state index in [9.17, 15) is 9.18 Å². The quantitative estimate of drug-likeness (QED) is 0.701. The molecule has 0 saturated carbocycles. The van der Waals surface area contributed by atoms with E-state index in [0.29, 0.717) is 25.2 Å². The topological polar surface area (TPSA) is 26.3 Å². The lowest BCUT2D eigenvalue weighted by Crippen LogP contribution is -2.08. The van der Waals surface area contributed by atoms with Gasteiger partial charge in [-0.15, -0.1) is 0 Å². The van der Waals surface area contributed by atoms with Crippen LogP contribution in [0, 0.1) is 5.82 Å². The van der Waals surface area contributed by atoms with Crippen LogP contribution in [0.15, 0.2) is 18.2 Å². The van der Waals surface area contributed by atoms with Crippen molar-refractivity contribution >= 4 is 17.4 Å². The van der Waals surface area contributed by atoms with Crippen molar-refractivity contribution in [2.75, 3.05) is 13.2 Å². The zero-order chi connectivity index (χ0) is 12.7. The van der Waals surface area contributed by atoms with E-state index in [2.05, 4.69) is 0 Å². The minimum atomic E-state index is -0.503. The predicted octanol–water partition coefficient (Wildman–Crippen LogP) is 3.41. The number of hydrogen-bond donors (Lipinski definition) is 0. The van der Waals surface area contributed by atoms with E-state index in [0.717, 1.165) is 6.42 Å². The molecule has 2 nitrogen and oxygen atoms in total. The SMILES string of the molecule is CCCOCCC(=O)Cc1cccc(Cl)c1F. The summed E-state index contributed by atoms with van der Waals surface area (Å²) >= 11 is 5.63. The molecule has 0 saturated heterocycles. The summed E-state index contributed by atoms with van der Waals surface area (Å²) < 4.78 is 18.7. The second kappa shape index (κ2) is 7.41. The van der Waals surface area contributed by atoms with Crippen LogP contribution in [0.5, 0.6) is 0 Å². The van der Waals surface area contributed by atoms with Crippen LogP contribution in [0.4, 0.5) is 4.39 Å². The van der Waals surface area contributed by atoms with Gasteiger partial charge in [0, 0.05) is 19.4 Å². The lowest BCUT2D eigenvalue weighted by Gasteiger charge is -2.04. The van der Waals surface area contributed by atoms with Crippen LogP contribution in [0.3, 0.4) is 0 Å². The van der Waals surface area contributed by atoms with Crippen molar-refractivity contribution in [1.82, 2.24) is 0 Å². The number of carbonyl (C=O) groups excluding carboxylic acids is 1. The molecule has 94 valence electrons. The molecule has 0 bridgehead atoms. The third kappa shape index (κ3) is 4.84. The standard InChI is InChI=1S/C13H16ClFO2/c1-2-7-17-8-6-11(16)9-10-4-3-5-12(14)13(10)15/h3-5H,2,6-9H2,1H3. The number of halogens is 2. The maximum absolute atomic E-state index is 13.5. The average molecular weight is 259 g/mol. The number of ketones is 1. The van der Waals surface area contributed by atoms with Crippen LogP contribution in [0.25, 0.3) is 0 Å². The van der Waals surface area contributed by atoms with Crippen molar-refractivity contribution in [2.24, 2.45) is 0 Å². The first-order valence-corrected chi connectivity index (χ1v) is 6.05. The van der Waals surface area contributed by atoms with Gasteiger partial charge in [-0.25, -0.2) is 4.39 Å². The van der Waals surface area contributed by atoms with Crippen molar-refractivity contribution < 1.29 is 13.9 Å². The number of Topliss-reactive ketones (excluding diaryl/α,β-unsaturated/α-hetero) is 1. The molecule has 0 radical (unpaired) electrons. The van der Waals surface area contributed by atoms with Crippen molar-refractivity contribution in [3.63, 3.8) is 0 Å². The van der Waals surface area contributed by atoms with E-state index >= 15 is 0 Å². The lowest BCUT2D eigenvalue weighted by atomic mass is 10.1. The van der Waals surface area contributed by atoms with Crippen LogP contribution in [-0.2, 0) is 16.0 Å². The molecule has 0 fully saturated rings. The van der Waals surface area contributed by atoms with Crippen LogP contribution in [0.1, 0.15) is 25.3 Å². The summed E-state index contributed by atoms with van der Waals surface area (Å²) in [5.74, 6) is -0.542.